The first-order chi connectivity index (χ1) is 11.7. The molecule has 0 saturated carbocycles. The van der Waals surface area contributed by atoms with E-state index in [1.54, 1.807) is 13.0 Å². The molecule has 0 aliphatic carbocycles. The van der Waals surface area contributed by atoms with Crippen molar-refractivity contribution in [3.05, 3.63) is 53.8 Å². The molecule has 0 fully saturated rings. The molecule has 134 valence electrons. The molecular formula is C17H19FN2O4S. The molecule has 0 saturated heterocycles. The van der Waals surface area contributed by atoms with Crippen molar-refractivity contribution < 1.29 is 22.3 Å². The lowest BCUT2D eigenvalue weighted by Gasteiger charge is -2.17. The maximum absolute atomic E-state index is 13.5. The number of nitrogens with zero attached hydrogens (tertiary/aromatic N) is 1. The highest BCUT2D eigenvalue weighted by atomic mass is 32.2. The molecule has 0 atom stereocenters. The number of rotatable bonds is 6. The zero-order chi connectivity index (χ0) is 18.6. The molecule has 1 N–H and O–H groups in total. The van der Waals surface area contributed by atoms with Gasteiger partial charge in [0.1, 0.15) is 11.6 Å². The van der Waals surface area contributed by atoms with Gasteiger partial charge in [-0.2, -0.15) is 4.31 Å². The Morgan fingerprint density at radius 3 is 2.40 bits per heavy atom. The van der Waals surface area contributed by atoms with Gasteiger partial charge in [0.2, 0.25) is 15.9 Å². The van der Waals surface area contributed by atoms with Crippen LogP contribution in [-0.4, -0.2) is 39.3 Å². The number of nitrogens with one attached hydrogen (secondary N) is 1. The lowest BCUT2D eigenvalue weighted by molar-refractivity contribution is -0.116. The van der Waals surface area contributed by atoms with E-state index in [-0.39, 0.29) is 10.6 Å². The summed E-state index contributed by atoms with van der Waals surface area (Å²) >= 11 is 0. The predicted molar refractivity (Wildman–Crippen MR) is 92.6 cm³/mol. The summed E-state index contributed by atoms with van der Waals surface area (Å²) in [6, 6.07) is 10.1. The molecule has 0 spiro atoms. The van der Waals surface area contributed by atoms with Gasteiger partial charge in [0.15, 0.2) is 0 Å². The first-order valence-electron chi connectivity index (χ1n) is 7.40. The summed E-state index contributed by atoms with van der Waals surface area (Å²) in [7, 11) is -1.04. The van der Waals surface area contributed by atoms with Crippen molar-refractivity contribution in [3.63, 3.8) is 0 Å². The van der Waals surface area contributed by atoms with Gasteiger partial charge in [-0.25, -0.2) is 12.8 Å². The monoisotopic (exact) mass is 366 g/mol. The minimum atomic E-state index is -3.82. The molecule has 0 heterocycles. The number of aryl methyl sites for hydroxylation is 1. The quantitative estimate of drug-likeness (QED) is 0.852. The Bertz CT molecular complexity index is 867. The van der Waals surface area contributed by atoms with E-state index in [4.69, 9.17) is 4.74 Å². The SMILES string of the molecule is COc1ccc(S(=O)(=O)N(C)CC(=O)Nc2ccc(C)c(F)c2)cc1. The summed E-state index contributed by atoms with van der Waals surface area (Å²) in [6.45, 7) is 1.21. The van der Waals surface area contributed by atoms with Crippen molar-refractivity contribution in [1.82, 2.24) is 4.31 Å². The van der Waals surface area contributed by atoms with Crippen LogP contribution in [0.2, 0.25) is 0 Å². The van der Waals surface area contributed by atoms with Gasteiger partial charge in [0, 0.05) is 12.7 Å². The van der Waals surface area contributed by atoms with Crippen LogP contribution in [0.25, 0.3) is 0 Å². The second-order valence-electron chi connectivity index (χ2n) is 5.45. The number of sulfonamides is 1. The van der Waals surface area contributed by atoms with Crippen molar-refractivity contribution in [3.8, 4) is 5.75 Å². The van der Waals surface area contributed by atoms with Gasteiger partial charge >= 0.3 is 0 Å². The Morgan fingerprint density at radius 2 is 1.84 bits per heavy atom. The van der Waals surface area contributed by atoms with Crippen LogP contribution < -0.4 is 10.1 Å². The molecule has 0 aliphatic rings. The fourth-order valence-corrected chi connectivity index (χ4v) is 3.21. The zero-order valence-corrected chi connectivity index (χ0v) is 14.9. The molecule has 0 unspecified atom stereocenters. The van der Waals surface area contributed by atoms with E-state index in [0.717, 1.165) is 4.31 Å². The number of halogens is 1. The Hall–Kier alpha value is -2.45. The Morgan fingerprint density at radius 1 is 1.20 bits per heavy atom. The molecule has 0 radical (unpaired) electrons. The Labute approximate surface area is 146 Å². The molecule has 0 aromatic heterocycles. The number of methoxy groups -OCH3 is 1. The second-order valence-corrected chi connectivity index (χ2v) is 7.49. The van der Waals surface area contributed by atoms with Gasteiger partial charge < -0.3 is 10.1 Å². The van der Waals surface area contributed by atoms with Crippen LogP contribution in [0.3, 0.4) is 0 Å². The number of amides is 1. The van der Waals surface area contributed by atoms with Crippen LogP contribution in [-0.2, 0) is 14.8 Å². The summed E-state index contributed by atoms with van der Waals surface area (Å²) in [5.41, 5.74) is 0.723. The van der Waals surface area contributed by atoms with Gasteiger partial charge in [0.05, 0.1) is 18.6 Å². The van der Waals surface area contributed by atoms with Crippen molar-refractivity contribution in [2.24, 2.45) is 0 Å². The van der Waals surface area contributed by atoms with Crippen LogP contribution >= 0.6 is 0 Å². The number of carbonyl (C=O) groups is 1. The average Bonchev–Trinajstić information content (AvgIpc) is 2.58. The number of hydrogen-bond acceptors (Lipinski definition) is 4. The minimum Gasteiger partial charge on any atom is -0.497 e. The molecule has 8 heteroatoms. The Balaban J connectivity index is 2.07. The summed E-state index contributed by atoms with van der Waals surface area (Å²) in [6.07, 6.45) is 0. The predicted octanol–water partition coefficient (Wildman–Crippen LogP) is 2.40. The number of hydrogen-bond donors (Lipinski definition) is 1. The third-order valence-electron chi connectivity index (χ3n) is 3.59. The highest BCUT2D eigenvalue weighted by molar-refractivity contribution is 7.89. The number of carbonyl (C=O) groups excluding carboxylic acids is 1. The fraction of sp³-hybridized carbons (Fsp3) is 0.235. The van der Waals surface area contributed by atoms with E-state index >= 15 is 0 Å². The molecule has 0 aliphatic heterocycles. The van der Waals surface area contributed by atoms with Crippen LogP contribution in [0.5, 0.6) is 5.75 Å². The number of likely N-dealkylation sites (N-methyl/N-ethyl adjacent to an activating group) is 1. The second kappa shape index (κ2) is 7.62. The number of anilines is 1. The zero-order valence-electron chi connectivity index (χ0n) is 14.1. The molecule has 2 rings (SSSR count). The highest BCUT2D eigenvalue weighted by Crippen LogP contribution is 2.19. The van der Waals surface area contributed by atoms with Gasteiger partial charge in [-0.15, -0.1) is 0 Å². The van der Waals surface area contributed by atoms with Crippen molar-refractivity contribution >= 4 is 21.6 Å². The van der Waals surface area contributed by atoms with Crippen LogP contribution in [0.1, 0.15) is 5.56 Å². The van der Waals surface area contributed by atoms with E-state index in [1.165, 1.54) is 50.6 Å². The minimum absolute atomic E-state index is 0.0463. The molecule has 6 nitrogen and oxygen atoms in total. The van der Waals surface area contributed by atoms with E-state index in [1.807, 2.05) is 0 Å². The molecule has 0 bridgehead atoms. The van der Waals surface area contributed by atoms with Crippen molar-refractivity contribution in [2.45, 2.75) is 11.8 Å². The number of benzene rings is 2. The smallest absolute Gasteiger partial charge is 0.243 e. The van der Waals surface area contributed by atoms with Gasteiger partial charge in [-0.3, -0.25) is 4.79 Å². The summed E-state index contributed by atoms with van der Waals surface area (Å²) < 4.78 is 44.3. The van der Waals surface area contributed by atoms with E-state index in [0.29, 0.717) is 11.3 Å². The van der Waals surface area contributed by atoms with E-state index in [2.05, 4.69) is 5.32 Å². The summed E-state index contributed by atoms with van der Waals surface area (Å²) in [5.74, 6) is -0.486. The lowest BCUT2D eigenvalue weighted by atomic mass is 10.2. The topological polar surface area (TPSA) is 75.7 Å². The number of ether oxygens (including phenoxy) is 1. The van der Waals surface area contributed by atoms with Crippen molar-refractivity contribution in [2.75, 3.05) is 26.0 Å². The van der Waals surface area contributed by atoms with E-state index in [9.17, 15) is 17.6 Å². The molecule has 2 aromatic rings. The molecular weight excluding hydrogens is 347 g/mol. The average molecular weight is 366 g/mol. The maximum atomic E-state index is 13.5. The molecule has 1 amide bonds. The maximum Gasteiger partial charge on any atom is 0.243 e. The molecule has 25 heavy (non-hydrogen) atoms. The first kappa shape index (κ1) is 18.9. The first-order valence-corrected chi connectivity index (χ1v) is 8.84. The summed E-state index contributed by atoms with van der Waals surface area (Å²) in [4.78, 5) is 12.1. The molecule has 2 aromatic carbocycles. The van der Waals surface area contributed by atoms with Crippen LogP contribution in [0.15, 0.2) is 47.4 Å². The normalized spacial score (nSPS) is 11.4. The highest BCUT2D eigenvalue weighted by Gasteiger charge is 2.23. The van der Waals surface area contributed by atoms with Gasteiger partial charge in [-0.1, -0.05) is 6.07 Å². The van der Waals surface area contributed by atoms with Crippen molar-refractivity contribution in [1.29, 1.82) is 0 Å². The standard InChI is InChI=1S/C17H19FN2O4S/c1-12-4-5-13(10-16(12)18)19-17(21)11-20(2)25(22,23)15-8-6-14(24-3)7-9-15/h4-10H,11H2,1-3H3,(H,19,21). The van der Waals surface area contributed by atoms with Crippen LogP contribution in [0.4, 0.5) is 10.1 Å². The van der Waals surface area contributed by atoms with E-state index < -0.39 is 28.3 Å². The summed E-state index contributed by atoms with van der Waals surface area (Å²) in [5, 5.41) is 2.48. The third-order valence-corrected chi connectivity index (χ3v) is 5.41. The van der Waals surface area contributed by atoms with Crippen LogP contribution in [0, 0.1) is 12.7 Å². The Kier molecular flexibility index (Phi) is 5.76. The van der Waals surface area contributed by atoms with Gasteiger partial charge in [0.25, 0.3) is 0 Å². The largest absolute Gasteiger partial charge is 0.497 e. The van der Waals surface area contributed by atoms with Gasteiger partial charge in [-0.05, 0) is 48.9 Å². The fourth-order valence-electron chi connectivity index (χ4n) is 2.09. The lowest BCUT2D eigenvalue weighted by Crippen LogP contribution is -2.35. The third kappa shape index (κ3) is 4.55.